The standard InChI is InChI=1S/C45H31N5.C26H18BrN3.C25H25BN2O2/c1-3-14-36(15-4-1)49(43-21-11-13-32-12-7-8-18-39(32)43)38-28-26-34(27-29-38)42-31-46-41(30-47-42)33-22-24-35(25-23-33)45-48-40-19-9-10-20-44(40)50(45)37-16-5-2-6-17-37;27-26-18-28-24(17-29-26)20-13-15-22(16-14-20)30(21-9-2-1-3-10-21)25-12-6-8-19-7-4-5-11-23(19)25;1-24(2)25(3,4)30-26(29-24)19-16-14-18(15-17-19)23-27-21-12-8-9-13-22(21)28(23)20-10-6-5-7-11-20/h1-31H;1-18H;5-17H,1-4H3. The molecule has 530 valence electrons. The normalized spacial score (nSPS) is 12.8. The van der Waals surface area contributed by atoms with Gasteiger partial charge in [-0.05, 0) is 169 Å². The number of anilines is 6. The lowest BCUT2D eigenvalue weighted by Gasteiger charge is -2.32. The zero-order chi connectivity index (χ0) is 74.6. The van der Waals surface area contributed by atoms with Gasteiger partial charge in [-0.2, -0.15) is 0 Å². The highest BCUT2D eigenvalue weighted by atomic mass is 79.9. The van der Waals surface area contributed by atoms with Crippen molar-refractivity contribution >= 4 is 106 Å². The van der Waals surface area contributed by atoms with Gasteiger partial charge in [-0.3, -0.25) is 24.1 Å². The number of benzene rings is 14. The number of rotatable bonds is 14. The number of nitrogens with zero attached hydrogens (tertiary/aromatic N) is 10. The summed E-state index contributed by atoms with van der Waals surface area (Å²) < 4.78 is 17.5. The largest absolute Gasteiger partial charge is 0.494 e. The molecule has 0 N–H and O–H groups in total. The molecule has 5 heterocycles. The van der Waals surface area contributed by atoms with Gasteiger partial charge in [0, 0.05) is 72.7 Å². The number of para-hydroxylation sites is 8. The summed E-state index contributed by atoms with van der Waals surface area (Å²) >= 11 is 3.34. The van der Waals surface area contributed by atoms with Gasteiger partial charge >= 0.3 is 7.12 Å². The molecular formula is C96H74BBrN10O2. The number of halogens is 1. The summed E-state index contributed by atoms with van der Waals surface area (Å²) in [6, 6.07) is 122. The molecule has 19 rings (SSSR count). The Hall–Kier alpha value is -13.2. The number of fused-ring (bicyclic) bond motifs is 4. The minimum absolute atomic E-state index is 0.350. The van der Waals surface area contributed by atoms with Crippen molar-refractivity contribution < 1.29 is 9.31 Å². The van der Waals surface area contributed by atoms with E-state index in [1.807, 2.05) is 48.8 Å². The highest BCUT2D eigenvalue weighted by molar-refractivity contribution is 9.10. The molecule has 14 aromatic carbocycles. The predicted molar refractivity (Wildman–Crippen MR) is 455 cm³/mol. The van der Waals surface area contributed by atoms with Crippen LogP contribution in [0.15, 0.2) is 381 Å². The second-order valence-electron chi connectivity index (χ2n) is 27.9. The van der Waals surface area contributed by atoms with Gasteiger partial charge < -0.3 is 19.1 Å². The van der Waals surface area contributed by atoms with Gasteiger partial charge in [0.25, 0.3) is 0 Å². The average Bonchev–Trinajstić information content (AvgIpc) is 1.72. The molecule has 1 fully saturated rings. The number of hydrogen-bond donors (Lipinski definition) is 0. The van der Waals surface area contributed by atoms with Crippen molar-refractivity contribution in [3.63, 3.8) is 0 Å². The van der Waals surface area contributed by atoms with E-state index < -0.39 is 0 Å². The lowest BCUT2D eigenvalue weighted by molar-refractivity contribution is 0.00578. The van der Waals surface area contributed by atoms with Crippen molar-refractivity contribution in [2.45, 2.75) is 38.9 Å². The molecule has 110 heavy (non-hydrogen) atoms. The summed E-state index contributed by atoms with van der Waals surface area (Å²) in [5.41, 5.74) is 20.9. The third-order valence-corrected chi connectivity index (χ3v) is 20.9. The smallest absolute Gasteiger partial charge is 0.399 e. The van der Waals surface area contributed by atoms with Crippen LogP contribution in [0.25, 0.3) is 112 Å². The van der Waals surface area contributed by atoms with Crippen molar-refractivity contribution in [3.05, 3.63) is 381 Å². The monoisotopic (exact) mass is 1490 g/mol. The first-order valence-corrected chi connectivity index (χ1v) is 37.5. The summed E-state index contributed by atoms with van der Waals surface area (Å²) in [7, 11) is -0.364. The van der Waals surface area contributed by atoms with Gasteiger partial charge in [0.05, 0.1) is 86.5 Å². The molecule has 0 amide bonds. The number of imidazole rings is 2. The van der Waals surface area contributed by atoms with Crippen LogP contribution in [0.3, 0.4) is 0 Å². The number of hydrogen-bond acceptors (Lipinski definition) is 10. The summed E-state index contributed by atoms with van der Waals surface area (Å²) in [6.07, 6.45) is 7.20. The van der Waals surface area contributed by atoms with Crippen molar-refractivity contribution in [2.75, 3.05) is 9.80 Å². The molecule has 1 aliphatic rings. The molecule has 0 saturated carbocycles. The van der Waals surface area contributed by atoms with E-state index >= 15 is 0 Å². The van der Waals surface area contributed by atoms with Gasteiger partial charge in [-0.15, -0.1) is 0 Å². The van der Waals surface area contributed by atoms with E-state index in [4.69, 9.17) is 29.2 Å². The quantitative estimate of drug-likeness (QED) is 0.0976. The van der Waals surface area contributed by atoms with E-state index in [1.165, 1.54) is 21.5 Å². The Morgan fingerprint density at radius 1 is 0.309 bits per heavy atom. The highest BCUT2D eigenvalue weighted by Gasteiger charge is 2.51. The molecule has 0 radical (unpaired) electrons. The molecule has 0 aliphatic carbocycles. The van der Waals surface area contributed by atoms with Crippen molar-refractivity contribution in [2.24, 2.45) is 0 Å². The molecule has 0 unspecified atom stereocenters. The van der Waals surface area contributed by atoms with Gasteiger partial charge in [0.2, 0.25) is 0 Å². The molecule has 1 saturated heterocycles. The third kappa shape index (κ3) is 14.3. The molecule has 12 nitrogen and oxygen atoms in total. The van der Waals surface area contributed by atoms with E-state index in [2.05, 4.69) is 388 Å². The van der Waals surface area contributed by atoms with Crippen LogP contribution >= 0.6 is 15.9 Å². The summed E-state index contributed by atoms with van der Waals surface area (Å²) in [6.45, 7) is 8.29. The van der Waals surface area contributed by atoms with Gasteiger partial charge in [-0.25, -0.2) is 15.0 Å². The Bertz CT molecular complexity index is 6190. The maximum atomic E-state index is 6.19. The first-order valence-electron chi connectivity index (χ1n) is 36.7. The number of aromatic nitrogens is 8. The minimum atomic E-state index is -0.364. The third-order valence-electron chi connectivity index (χ3n) is 20.4. The summed E-state index contributed by atoms with van der Waals surface area (Å²) in [5, 5.41) is 4.84. The average molecular weight is 1490 g/mol. The van der Waals surface area contributed by atoms with E-state index in [-0.39, 0.29) is 18.3 Å². The zero-order valence-corrected chi connectivity index (χ0v) is 62.6. The molecule has 0 atom stereocenters. The Labute approximate surface area is 648 Å². The van der Waals surface area contributed by atoms with Crippen LogP contribution in [0.2, 0.25) is 0 Å². The first-order chi connectivity index (χ1) is 53.9. The summed E-state index contributed by atoms with van der Waals surface area (Å²) in [5.74, 6) is 1.82. The van der Waals surface area contributed by atoms with Crippen LogP contribution in [0.1, 0.15) is 27.7 Å². The Balaban J connectivity index is 0.000000127. The molecule has 1 aliphatic heterocycles. The van der Waals surface area contributed by atoms with E-state index in [0.29, 0.717) is 0 Å². The SMILES string of the molecule is Brc1cnc(-c2ccc(N(c3ccccc3)c3cccc4ccccc34)cc2)cn1.CC1(C)OB(c2ccc(-c3nc4ccccc4n3-c3ccccc3)cc2)OC1(C)C.c1ccc(N(c2ccc(-c3cnc(-c4ccc(-c5nc6ccccc6n5-c5ccccc5)cc4)cn3)cc2)c2cccc3ccccc23)cc1. The van der Waals surface area contributed by atoms with Crippen LogP contribution < -0.4 is 15.3 Å². The van der Waals surface area contributed by atoms with E-state index in [0.717, 1.165) is 134 Å². The van der Waals surface area contributed by atoms with E-state index in [1.54, 1.807) is 12.4 Å². The van der Waals surface area contributed by atoms with Gasteiger partial charge in [0.15, 0.2) is 0 Å². The first kappa shape index (κ1) is 69.8. The molecule has 0 spiro atoms. The van der Waals surface area contributed by atoms with Crippen molar-refractivity contribution in [1.29, 1.82) is 0 Å². The topological polar surface area (TPSA) is 112 Å². The fourth-order valence-corrected chi connectivity index (χ4v) is 14.3. The van der Waals surface area contributed by atoms with Crippen LogP contribution in [0.5, 0.6) is 0 Å². The Morgan fingerprint density at radius 2 is 0.636 bits per heavy atom. The summed E-state index contributed by atoms with van der Waals surface area (Å²) in [4.78, 5) is 32.9. The minimum Gasteiger partial charge on any atom is -0.399 e. The zero-order valence-electron chi connectivity index (χ0n) is 61.0. The molecule has 14 heteroatoms. The van der Waals surface area contributed by atoms with Crippen LogP contribution in [0.4, 0.5) is 34.1 Å². The van der Waals surface area contributed by atoms with Gasteiger partial charge in [0.1, 0.15) is 16.3 Å². The second-order valence-corrected chi connectivity index (χ2v) is 28.7. The van der Waals surface area contributed by atoms with Crippen LogP contribution in [-0.4, -0.2) is 57.4 Å². The molecular weight excluding hydrogens is 1420 g/mol. The molecule has 18 aromatic rings. The fraction of sp³-hybridized carbons (Fsp3) is 0.0625. The lowest BCUT2D eigenvalue weighted by atomic mass is 9.79. The predicted octanol–water partition coefficient (Wildman–Crippen LogP) is 24.0. The molecule has 4 aromatic heterocycles. The van der Waals surface area contributed by atoms with Gasteiger partial charge in [-0.1, -0.05) is 243 Å². The van der Waals surface area contributed by atoms with Crippen molar-refractivity contribution in [1.82, 2.24) is 39.0 Å². The lowest BCUT2D eigenvalue weighted by Crippen LogP contribution is -2.41. The Kier molecular flexibility index (Phi) is 19.4. The van der Waals surface area contributed by atoms with Crippen LogP contribution in [0, 0.1) is 0 Å². The second kappa shape index (κ2) is 30.6. The Morgan fingerprint density at radius 3 is 1.05 bits per heavy atom. The maximum absolute atomic E-state index is 6.19. The van der Waals surface area contributed by atoms with Crippen molar-refractivity contribution in [3.8, 4) is 67.9 Å². The fourth-order valence-electron chi connectivity index (χ4n) is 14.1. The van der Waals surface area contributed by atoms with Crippen LogP contribution in [-0.2, 0) is 9.31 Å². The highest BCUT2D eigenvalue weighted by Crippen LogP contribution is 2.43. The van der Waals surface area contributed by atoms with E-state index in [9.17, 15) is 0 Å². The molecule has 0 bridgehead atoms. The maximum Gasteiger partial charge on any atom is 0.494 e.